The highest BCUT2D eigenvalue weighted by Crippen LogP contribution is 2.19. The molecule has 1 aliphatic rings. The molecule has 162 valence electrons. The second-order valence-electron chi connectivity index (χ2n) is 7.99. The van der Waals surface area contributed by atoms with Crippen molar-refractivity contribution in [3.8, 4) is 0 Å². The second-order valence-corrected chi connectivity index (χ2v) is 9.92. The van der Waals surface area contributed by atoms with Crippen LogP contribution < -0.4 is 5.32 Å². The lowest BCUT2D eigenvalue weighted by Gasteiger charge is -2.27. The molecule has 0 saturated carbocycles. The van der Waals surface area contributed by atoms with E-state index < -0.39 is 10.0 Å². The zero-order chi connectivity index (χ0) is 21.7. The summed E-state index contributed by atoms with van der Waals surface area (Å²) in [6, 6.07) is 14.7. The highest BCUT2D eigenvalue weighted by atomic mass is 32.2. The Morgan fingerprint density at radius 3 is 2.17 bits per heavy atom. The molecule has 7 heteroatoms. The molecule has 1 fully saturated rings. The summed E-state index contributed by atoms with van der Waals surface area (Å²) in [5.41, 5.74) is 3.28. The normalized spacial score (nSPS) is 17.3. The minimum absolute atomic E-state index is 0.0367. The standard InChI is InChI=1S/C23H31N3O3S/c1-18-5-9-21(10-6-18)17-24-23(27)20(3)25-13-4-14-26(16-15-25)30(28,29)22-11-7-19(2)8-12-22/h5-12,20H,4,13-17H2,1-3H3,(H,24,27). The molecule has 1 amide bonds. The number of carbonyl (C=O) groups is 1. The van der Waals surface area contributed by atoms with Crippen LogP contribution in [0.5, 0.6) is 0 Å². The minimum atomic E-state index is -3.52. The van der Waals surface area contributed by atoms with Crippen molar-refractivity contribution in [3.05, 3.63) is 65.2 Å². The van der Waals surface area contributed by atoms with E-state index in [1.54, 1.807) is 12.1 Å². The smallest absolute Gasteiger partial charge is 0.243 e. The van der Waals surface area contributed by atoms with Gasteiger partial charge in [-0.25, -0.2) is 8.42 Å². The molecule has 0 aromatic heterocycles. The third-order valence-electron chi connectivity index (χ3n) is 5.66. The summed E-state index contributed by atoms with van der Waals surface area (Å²) in [7, 11) is -3.52. The molecule has 0 spiro atoms. The Labute approximate surface area is 179 Å². The van der Waals surface area contributed by atoms with E-state index in [1.807, 2.05) is 57.2 Å². The molecule has 2 aromatic rings. The van der Waals surface area contributed by atoms with Gasteiger partial charge >= 0.3 is 0 Å². The number of benzene rings is 2. The predicted molar refractivity (Wildman–Crippen MR) is 119 cm³/mol. The first-order chi connectivity index (χ1) is 14.3. The number of amides is 1. The number of carbonyl (C=O) groups excluding carboxylic acids is 1. The van der Waals surface area contributed by atoms with Crippen LogP contribution in [0.3, 0.4) is 0 Å². The van der Waals surface area contributed by atoms with Crippen LogP contribution in [0.15, 0.2) is 53.4 Å². The molecule has 1 atom stereocenters. The van der Waals surface area contributed by atoms with Crippen molar-refractivity contribution in [2.24, 2.45) is 0 Å². The van der Waals surface area contributed by atoms with Gasteiger partial charge in [0.25, 0.3) is 0 Å². The first-order valence-electron chi connectivity index (χ1n) is 10.4. The molecule has 1 unspecified atom stereocenters. The Morgan fingerprint density at radius 2 is 1.53 bits per heavy atom. The molecule has 6 nitrogen and oxygen atoms in total. The molecule has 30 heavy (non-hydrogen) atoms. The second kappa shape index (κ2) is 9.73. The molecule has 2 aromatic carbocycles. The van der Waals surface area contributed by atoms with E-state index in [1.165, 1.54) is 9.87 Å². The summed E-state index contributed by atoms with van der Waals surface area (Å²) < 4.78 is 27.5. The molecule has 0 bridgehead atoms. The Balaban J connectivity index is 1.57. The molecule has 3 rings (SSSR count). The summed E-state index contributed by atoms with van der Waals surface area (Å²) in [6.07, 6.45) is 0.695. The van der Waals surface area contributed by atoms with E-state index >= 15 is 0 Å². The third kappa shape index (κ3) is 5.47. The highest BCUT2D eigenvalue weighted by Gasteiger charge is 2.29. The lowest BCUT2D eigenvalue weighted by Crippen LogP contribution is -2.46. The number of nitrogens with one attached hydrogen (secondary N) is 1. The highest BCUT2D eigenvalue weighted by molar-refractivity contribution is 7.89. The van der Waals surface area contributed by atoms with E-state index in [0.29, 0.717) is 44.0 Å². The van der Waals surface area contributed by atoms with Gasteiger partial charge in [0.05, 0.1) is 10.9 Å². The maximum atomic E-state index is 13.0. The van der Waals surface area contributed by atoms with Crippen LogP contribution in [-0.4, -0.2) is 55.8 Å². The molecule has 0 radical (unpaired) electrons. The summed E-state index contributed by atoms with van der Waals surface area (Å²) in [5, 5.41) is 3.00. The Bertz CT molecular complexity index is 956. The van der Waals surface area contributed by atoms with E-state index in [0.717, 1.165) is 11.1 Å². The maximum Gasteiger partial charge on any atom is 0.243 e. The number of sulfonamides is 1. The fourth-order valence-electron chi connectivity index (χ4n) is 3.61. The summed E-state index contributed by atoms with van der Waals surface area (Å²) in [6.45, 7) is 8.41. The van der Waals surface area contributed by atoms with Gasteiger partial charge in [0.15, 0.2) is 0 Å². The van der Waals surface area contributed by atoms with Crippen molar-refractivity contribution in [2.45, 2.75) is 44.7 Å². The van der Waals surface area contributed by atoms with Crippen LogP contribution in [0.1, 0.15) is 30.0 Å². The van der Waals surface area contributed by atoms with Crippen LogP contribution >= 0.6 is 0 Å². The van der Waals surface area contributed by atoms with Gasteiger partial charge < -0.3 is 5.32 Å². The molecule has 1 saturated heterocycles. The van der Waals surface area contributed by atoms with Gasteiger partial charge in [0.2, 0.25) is 15.9 Å². The number of nitrogens with zero attached hydrogens (tertiary/aromatic N) is 2. The Hall–Kier alpha value is -2.22. The SMILES string of the molecule is Cc1ccc(CNC(=O)C(C)N2CCCN(S(=O)(=O)c3ccc(C)cc3)CC2)cc1. The fourth-order valence-corrected chi connectivity index (χ4v) is 5.08. The summed E-state index contributed by atoms with van der Waals surface area (Å²) in [4.78, 5) is 15.0. The van der Waals surface area contributed by atoms with Gasteiger partial charge in [-0.05, 0) is 44.9 Å². The lowest BCUT2D eigenvalue weighted by molar-refractivity contribution is -0.126. The summed E-state index contributed by atoms with van der Waals surface area (Å²) >= 11 is 0. The number of hydrogen-bond acceptors (Lipinski definition) is 4. The molecule has 1 N–H and O–H groups in total. The largest absolute Gasteiger partial charge is 0.351 e. The third-order valence-corrected chi connectivity index (χ3v) is 7.58. The number of aryl methyl sites for hydroxylation is 2. The van der Waals surface area contributed by atoms with Crippen molar-refractivity contribution < 1.29 is 13.2 Å². The van der Waals surface area contributed by atoms with Gasteiger partial charge in [-0.1, -0.05) is 47.5 Å². The minimum Gasteiger partial charge on any atom is -0.351 e. The van der Waals surface area contributed by atoms with Gasteiger partial charge in [0.1, 0.15) is 0 Å². The van der Waals surface area contributed by atoms with Crippen molar-refractivity contribution in [1.82, 2.24) is 14.5 Å². The quantitative estimate of drug-likeness (QED) is 0.767. The first-order valence-corrected chi connectivity index (χ1v) is 11.9. The van der Waals surface area contributed by atoms with Gasteiger partial charge in [-0.15, -0.1) is 0 Å². The fraction of sp³-hybridized carbons (Fsp3) is 0.435. The van der Waals surface area contributed by atoms with Crippen LogP contribution in [-0.2, 0) is 21.4 Å². The van der Waals surface area contributed by atoms with E-state index in [4.69, 9.17) is 0 Å². The van der Waals surface area contributed by atoms with Crippen LogP contribution in [0, 0.1) is 13.8 Å². The predicted octanol–water partition coefficient (Wildman–Crippen LogP) is 2.70. The topological polar surface area (TPSA) is 69.7 Å². The Kier molecular flexibility index (Phi) is 7.28. The van der Waals surface area contributed by atoms with Crippen LogP contribution in [0.2, 0.25) is 0 Å². The number of rotatable bonds is 6. The zero-order valence-corrected chi connectivity index (χ0v) is 18.8. The number of hydrogen-bond donors (Lipinski definition) is 1. The monoisotopic (exact) mass is 429 g/mol. The molecular weight excluding hydrogens is 398 g/mol. The average molecular weight is 430 g/mol. The average Bonchev–Trinajstić information content (AvgIpc) is 3.00. The molecule has 1 aliphatic heterocycles. The summed E-state index contributed by atoms with van der Waals surface area (Å²) in [5.74, 6) is -0.0367. The van der Waals surface area contributed by atoms with Crippen LogP contribution in [0.4, 0.5) is 0 Å². The Morgan fingerprint density at radius 1 is 0.933 bits per heavy atom. The van der Waals surface area contributed by atoms with E-state index in [9.17, 15) is 13.2 Å². The van der Waals surface area contributed by atoms with Crippen molar-refractivity contribution >= 4 is 15.9 Å². The van der Waals surface area contributed by atoms with Crippen molar-refractivity contribution in [2.75, 3.05) is 26.2 Å². The molecule has 0 aliphatic carbocycles. The van der Waals surface area contributed by atoms with Gasteiger partial charge in [0, 0.05) is 32.7 Å². The maximum absolute atomic E-state index is 13.0. The van der Waals surface area contributed by atoms with Gasteiger partial charge in [-0.2, -0.15) is 4.31 Å². The van der Waals surface area contributed by atoms with Gasteiger partial charge in [-0.3, -0.25) is 9.69 Å². The van der Waals surface area contributed by atoms with Crippen LogP contribution in [0.25, 0.3) is 0 Å². The lowest BCUT2D eigenvalue weighted by atomic mass is 10.1. The molecular formula is C23H31N3O3S. The first kappa shape index (κ1) is 22.5. The van der Waals surface area contributed by atoms with E-state index in [-0.39, 0.29) is 11.9 Å². The zero-order valence-electron chi connectivity index (χ0n) is 18.0. The van der Waals surface area contributed by atoms with Crippen molar-refractivity contribution in [3.63, 3.8) is 0 Å². The van der Waals surface area contributed by atoms with Crippen molar-refractivity contribution in [1.29, 1.82) is 0 Å². The molecule has 1 heterocycles. The van der Waals surface area contributed by atoms with E-state index in [2.05, 4.69) is 10.2 Å².